The molecule has 1 aromatic rings. The van der Waals surface area contributed by atoms with Crippen molar-refractivity contribution in [3.8, 4) is 0 Å². The Bertz CT molecular complexity index is 522. The van der Waals surface area contributed by atoms with Crippen molar-refractivity contribution < 1.29 is 23.1 Å². The third kappa shape index (κ3) is 3.78. The second kappa shape index (κ2) is 6.67. The van der Waals surface area contributed by atoms with Gasteiger partial charge in [0.1, 0.15) is 5.69 Å². The van der Waals surface area contributed by atoms with Crippen molar-refractivity contribution in [2.75, 3.05) is 0 Å². The maximum atomic E-state index is 12.7. The molecule has 0 aliphatic heterocycles. The van der Waals surface area contributed by atoms with Crippen LogP contribution in [0.1, 0.15) is 56.2 Å². The van der Waals surface area contributed by atoms with Crippen LogP contribution in [0.4, 0.5) is 13.2 Å². The Balaban J connectivity index is 2.04. The van der Waals surface area contributed by atoms with E-state index in [-0.39, 0.29) is 17.8 Å². The minimum Gasteiger partial charge on any atom is -0.481 e. The number of aliphatic carboxylic acids is 1. The summed E-state index contributed by atoms with van der Waals surface area (Å²) in [5, 5.41) is 9.20. The summed E-state index contributed by atoms with van der Waals surface area (Å²) in [6, 6.07) is 2.76. The van der Waals surface area contributed by atoms with Gasteiger partial charge in [-0.1, -0.05) is 6.92 Å². The van der Waals surface area contributed by atoms with Gasteiger partial charge in [0.15, 0.2) is 0 Å². The van der Waals surface area contributed by atoms with Crippen molar-refractivity contribution in [3.05, 3.63) is 29.6 Å². The summed E-state index contributed by atoms with van der Waals surface area (Å²) in [6.45, 7) is 1.86. The Labute approximate surface area is 127 Å². The SMILES string of the molecule is CCC(C(=O)O)C1CCC(c2ccnc(C(F)(F)F)c2)CC1. The minimum absolute atomic E-state index is 0.0617. The molecule has 1 fully saturated rings. The summed E-state index contributed by atoms with van der Waals surface area (Å²) in [7, 11) is 0. The lowest BCUT2D eigenvalue weighted by atomic mass is 9.73. The van der Waals surface area contributed by atoms with Crippen LogP contribution in [0.25, 0.3) is 0 Å². The van der Waals surface area contributed by atoms with E-state index < -0.39 is 17.8 Å². The van der Waals surface area contributed by atoms with E-state index in [0.29, 0.717) is 12.0 Å². The molecule has 0 spiro atoms. The third-order valence-electron chi connectivity index (χ3n) is 4.64. The van der Waals surface area contributed by atoms with Crippen LogP contribution in [0.5, 0.6) is 0 Å². The number of carboxylic acids is 1. The van der Waals surface area contributed by atoms with Crippen molar-refractivity contribution in [2.24, 2.45) is 11.8 Å². The Morgan fingerprint density at radius 3 is 2.50 bits per heavy atom. The fraction of sp³-hybridized carbons (Fsp3) is 0.625. The van der Waals surface area contributed by atoms with Crippen LogP contribution in [0.2, 0.25) is 0 Å². The first kappa shape index (κ1) is 16.8. The van der Waals surface area contributed by atoms with Crippen molar-refractivity contribution >= 4 is 5.97 Å². The maximum absolute atomic E-state index is 12.7. The highest BCUT2D eigenvalue weighted by molar-refractivity contribution is 5.70. The van der Waals surface area contributed by atoms with E-state index in [4.69, 9.17) is 0 Å². The molecule has 0 radical (unpaired) electrons. The number of hydrogen-bond donors (Lipinski definition) is 1. The van der Waals surface area contributed by atoms with E-state index in [9.17, 15) is 23.1 Å². The largest absolute Gasteiger partial charge is 0.481 e. The molecule has 1 heterocycles. The number of alkyl halides is 3. The van der Waals surface area contributed by atoms with Crippen molar-refractivity contribution in [2.45, 2.75) is 51.1 Å². The average molecular weight is 315 g/mol. The first-order valence-electron chi connectivity index (χ1n) is 7.58. The zero-order valence-corrected chi connectivity index (χ0v) is 12.4. The first-order chi connectivity index (χ1) is 10.3. The molecule has 1 aliphatic carbocycles. The summed E-state index contributed by atoms with van der Waals surface area (Å²) in [5.41, 5.74) is -0.201. The van der Waals surface area contributed by atoms with Gasteiger partial charge in [-0.3, -0.25) is 9.78 Å². The summed E-state index contributed by atoms with van der Waals surface area (Å²) in [6.07, 6.45) is 0.335. The number of aromatic nitrogens is 1. The number of nitrogens with zero attached hydrogens (tertiary/aromatic N) is 1. The molecule has 1 aromatic heterocycles. The molecular weight excluding hydrogens is 295 g/mol. The topological polar surface area (TPSA) is 50.2 Å². The van der Waals surface area contributed by atoms with E-state index >= 15 is 0 Å². The molecule has 2 rings (SSSR count). The highest BCUT2D eigenvalue weighted by Crippen LogP contribution is 2.40. The predicted molar refractivity (Wildman–Crippen MR) is 75.4 cm³/mol. The second-order valence-corrected chi connectivity index (χ2v) is 5.94. The van der Waals surface area contributed by atoms with Gasteiger partial charge in [0.05, 0.1) is 5.92 Å². The van der Waals surface area contributed by atoms with Gasteiger partial charge >= 0.3 is 12.1 Å². The Morgan fingerprint density at radius 1 is 1.36 bits per heavy atom. The standard InChI is InChI=1S/C16H20F3NO2/c1-2-13(15(21)22)11-5-3-10(4-6-11)12-7-8-20-14(9-12)16(17,18)19/h7-11,13H,2-6H2,1H3,(H,21,22). The second-order valence-electron chi connectivity index (χ2n) is 5.94. The lowest BCUT2D eigenvalue weighted by Gasteiger charge is -2.32. The summed E-state index contributed by atoms with van der Waals surface area (Å²) < 4.78 is 38.1. The Hall–Kier alpha value is -1.59. The normalized spacial score (nSPS) is 24.0. The van der Waals surface area contributed by atoms with Gasteiger partial charge in [-0.05, 0) is 61.6 Å². The number of rotatable bonds is 4. The molecule has 0 aromatic carbocycles. The van der Waals surface area contributed by atoms with Crippen molar-refractivity contribution in [1.82, 2.24) is 4.98 Å². The van der Waals surface area contributed by atoms with Gasteiger partial charge in [0, 0.05) is 6.20 Å². The van der Waals surface area contributed by atoms with E-state index in [0.717, 1.165) is 31.7 Å². The molecule has 1 N–H and O–H groups in total. The van der Waals surface area contributed by atoms with E-state index in [1.807, 2.05) is 6.92 Å². The zero-order valence-electron chi connectivity index (χ0n) is 12.4. The monoisotopic (exact) mass is 315 g/mol. The molecule has 0 amide bonds. The van der Waals surface area contributed by atoms with Crippen LogP contribution >= 0.6 is 0 Å². The molecular formula is C16H20F3NO2. The third-order valence-corrected chi connectivity index (χ3v) is 4.64. The van der Waals surface area contributed by atoms with E-state index in [1.165, 1.54) is 6.20 Å². The Kier molecular flexibility index (Phi) is 5.08. The predicted octanol–water partition coefficient (Wildman–Crippen LogP) is 4.49. The van der Waals surface area contributed by atoms with Crippen molar-refractivity contribution in [1.29, 1.82) is 0 Å². The highest BCUT2D eigenvalue weighted by atomic mass is 19.4. The molecule has 6 heteroatoms. The molecule has 1 aliphatic rings. The van der Waals surface area contributed by atoms with Crippen LogP contribution in [0, 0.1) is 11.8 Å². The first-order valence-corrected chi connectivity index (χ1v) is 7.58. The quantitative estimate of drug-likeness (QED) is 0.891. The number of halogens is 3. The molecule has 1 unspecified atom stereocenters. The fourth-order valence-corrected chi connectivity index (χ4v) is 3.42. The summed E-state index contributed by atoms with van der Waals surface area (Å²) in [4.78, 5) is 14.6. The number of hydrogen-bond acceptors (Lipinski definition) is 2. The lowest BCUT2D eigenvalue weighted by molar-refractivity contribution is -0.144. The molecule has 0 bridgehead atoms. The van der Waals surface area contributed by atoms with Crippen LogP contribution in [-0.2, 0) is 11.0 Å². The van der Waals surface area contributed by atoms with Gasteiger partial charge in [-0.15, -0.1) is 0 Å². The molecule has 1 saturated carbocycles. The van der Waals surface area contributed by atoms with Gasteiger partial charge in [-0.2, -0.15) is 13.2 Å². The fourth-order valence-electron chi connectivity index (χ4n) is 3.42. The lowest BCUT2D eigenvalue weighted by Crippen LogP contribution is -2.26. The van der Waals surface area contributed by atoms with Gasteiger partial charge < -0.3 is 5.11 Å². The van der Waals surface area contributed by atoms with Crippen LogP contribution in [-0.4, -0.2) is 16.1 Å². The van der Waals surface area contributed by atoms with Gasteiger partial charge in [0.2, 0.25) is 0 Å². The van der Waals surface area contributed by atoms with Gasteiger partial charge in [-0.25, -0.2) is 0 Å². The smallest absolute Gasteiger partial charge is 0.433 e. The Morgan fingerprint density at radius 2 is 2.00 bits per heavy atom. The molecule has 122 valence electrons. The maximum Gasteiger partial charge on any atom is 0.433 e. The zero-order chi connectivity index (χ0) is 16.3. The number of carboxylic acid groups (broad SMARTS) is 1. The number of carbonyl (C=O) groups is 1. The number of pyridine rings is 1. The van der Waals surface area contributed by atoms with Crippen LogP contribution in [0.15, 0.2) is 18.3 Å². The van der Waals surface area contributed by atoms with Gasteiger partial charge in [0.25, 0.3) is 0 Å². The van der Waals surface area contributed by atoms with Crippen molar-refractivity contribution in [3.63, 3.8) is 0 Å². The highest BCUT2D eigenvalue weighted by Gasteiger charge is 2.34. The molecule has 1 atom stereocenters. The molecule has 22 heavy (non-hydrogen) atoms. The summed E-state index contributed by atoms with van der Waals surface area (Å²) >= 11 is 0. The van der Waals surface area contributed by atoms with E-state index in [2.05, 4.69) is 4.98 Å². The van der Waals surface area contributed by atoms with E-state index in [1.54, 1.807) is 6.07 Å². The minimum atomic E-state index is -4.43. The van der Waals surface area contributed by atoms with Crippen LogP contribution < -0.4 is 0 Å². The molecule has 3 nitrogen and oxygen atoms in total. The average Bonchev–Trinajstić information content (AvgIpc) is 2.47. The summed E-state index contributed by atoms with van der Waals surface area (Å²) in [5.74, 6) is -0.923. The van der Waals surface area contributed by atoms with Crippen LogP contribution in [0.3, 0.4) is 0 Å². The molecule has 0 saturated heterocycles.